The summed E-state index contributed by atoms with van der Waals surface area (Å²) in [6.45, 7) is 5.41. The van der Waals surface area contributed by atoms with E-state index in [1.165, 1.54) is 11.1 Å². The fourth-order valence-corrected chi connectivity index (χ4v) is 2.56. The molecule has 1 N–H and O–H groups in total. The molecule has 0 heterocycles. The molecule has 6 heteroatoms. The summed E-state index contributed by atoms with van der Waals surface area (Å²) in [7, 11) is 3.80. The van der Waals surface area contributed by atoms with Gasteiger partial charge in [-0.05, 0) is 30.2 Å². The van der Waals surface area contributed by atoms with E-state index in [1.54, 1.807) is 7.05 Å². The van der Waals surface area contributed by atoms with Crippen LogP contribution in [0.25, 0.3) is 0 Å². The van der Waals surface area contributed by atoms with E-state index in [0.29, 0.717) is 26.4 Å². The van der Waals surface area contributed by atoms with Gasteiger partial charge in [-0.25, -0.2) is 0 Å². The SMILES string of the molecule is CCOCc1ccccc1CNC(=NC)N(C)CCOc1ccccc1.I. The van der Waals surface area contributed by atoms with Gasteiger partial charge >= 0.3 is 0 Å². The van der Waals surface area contributed by atoms with E-state index >= 15 is 0 Å². The Bertz CT molecular complexity index is 680. The fraction of sp³-hybridized carbons (Fsp3) is 0.381. The first-order valence-electron chi connectivity index (χ1n) is 8.98. The molecule has 2 rings (SSSR count). The second-order valence-electron chi connectivity index (χ2n) is 5.89. The number of aliphatic imine (C=N–C) groups is 1. The molecule has 0 amide bonds. The molecule has 0 fully saturated rings. The van der Waals surface area contributed by atoms with Crippen LogP contribution in [0.4, 0.5) is 0 Å². The van der Waals surface area contributed by atoms with E-state index in [2.05, 4.69) is 27.3 Å². The van der Waals surface area contributed by atoms with Gasteiger partial charge in [0.15, 0.2) is 5.96 Å². The van der Waals surface area contributed by atoms with Gasteiger partial charge in [-0.3, -0.25) is 4.99 Å². The highest BCUT2D eigenvalue weighted by molar-refractivity contribution is 14.0. The van der Waals surface area contributed by atoms with Gasteiger partial charge in [0.25, 0.3) is 0 Å². The molecule has 2 aromatic carbocycles. The van der Waals surface area contributed by atoms with Gasteiger partial charge in [-0.2, -0.15) is 0 Å². The standard InChI is InChI=1S/C21H29N3O2.HI/c1-4-25-17-19-11-9-8-10-18(19)16-23-21(22-2)24(3)14-15-26-20-12-6-5-7-13-20;/h5-13H,4,14-17H2,1-3H3,(H,22,23);1H. The highest BCUT2D eigenvalue weighted by Gasteiger charge is 2.08. The zero-order valence-corrected chi connectivity index (χ0v) is 18.7. The van der Waals surface area contributed by atoms with Crippen molar-refractivity contribution in [3.8, 4) is 5.75 Å². The predicted octanol–water partition coefficient (Wildman–Crippen LogP) is 3.93. The average Bonchev–Trinajstić information content (AvgIpc) is 2.68. The molecule has 27 heavy (non-hydrogen) atoms. The lowest BCUT2D eigenvalue weighted by Crippen LogP contribution is -2.40. The minimum Gasteiger partial charge on any atom is -0.492 e. The van der Waals surface area contributed by atoms with Crippen LogP contribution in [0.2, 0.25) is 0 Å². The van der Waals surface area contributed by atoms with Crippen molar-refractivity contribution >= 4 is 29.9 Å². The van der Waals surface area contributed by atoms with E-state index < -0.39 is 0 Å². The molecule has 5 nitrogen and oxygen atoms in total. The van der Waals surface area contributed by atoms with E-state index in [9.17, 15) is 0 Å². The third kappa shape index (κ3) is 8.17. The third-order valence-electron chi connectivity index (χ3n) is 4.03. The summed E-state index contributed by atoms with van der Waals surface area (Å²) >= 11 is 0. The van der Waals surface area contributed by atoms with E-state index in [1.807, 2.05) is 56.4 Å². The molecular formula is C21H30IN3O2. The van der Waals surface area contributed by atoms with Crippen LogP contribution in [-0.2, 0) is 17.9 Å². The number of nitrogens with zero attached hydrogens (tertiary/aromatic N) is 2. The molecule has 2 aromatic rings. The molecule has 0 unspecified atom stereocenters. The van der Waals surface area contributed by atoms with Gasteiger partial charge in [0.05, 0.1) is 13.2 Å². The normalized spacial score (nSPS) is 10.9. The van der Waals surface area contributed by atoms with Gasteiger partial charge < -0.3 is 19.7 Å². The van der Waals surface area contributed by atoms with Crippen molar-refractivity contribution in [3.63, 3.8) is 0 Å². The molecule has 0 saturated heterocycles. The maximum absolute atomic E-state index is 5.76. The number of likely N-dealkylation sites (N-methyl/N-ethyl adjacent to an activating group) is 1. The van der Waals surface area contributed by atoms with E-state index in [0.717, 1.165) is 18.3 Å². The zero-order chi connectivity index (χ0) is 18.6. The van der Waals surface area contributed by atoms with Crippen LogP contribution in [0.3, 0.4) is 0 Å². The maximum Gasteiger partial charge on any atom is 0.193 e. The molecular weight excluding hydrogens is 453 g/mol. The Balaban J connectivity index is 0.00000364. The molecule has 0 spiro atoms. The second kappa shape index (κ2) is 13.4. The summed E-state index contributed by atoms with van der Waals surface area (Å²) < 4.78 is 11.3. The second-order valence-corrected chi connectivity index (χ2v) is 5.89. The molecule has 0 aliphatic carbocycles. The first-order chi connectivity index (χ1) is 12.7. The van der Waals surface area contributed by atoms with Crippen LogP contribution >= 0.6 is 24.0 Å². The first kappa shape index (κ1) is 23.2. The Morgan fingerprint density at radius 2 is 1.70 bits per heavy atom. The van der Waals surface area contributed by atoms with Crippen molar-refractivity contribution in [1.29, 1.82) is 0 Å². The molecule has 0 aliphatic heterocycles. The number of ether oxygens (including phenoxy) is 2. The first-order valence-corrected chi connectivity index (χ1v) is 8.98. The Kier molecular flexibility index (Phi) is 11.5. The number of halogens is 1. The Hall–Kier alpha value is -1.80. The number of benzene rings is 2. The monoisotopic (exact) mass is 483 g/mol. The van der Waals surface area contributed by atoms with Gasteiger partial charge in [-0.15, -0.1) is 24.0 Å². The summed E-state index contributed by atoms with van der Waals surface area (Å²) in [5, 5.41) is 3.42. The zero-order valence-electron chi connectivity index (χ0n) is 16.4. The van der Waals surface area contributed by atoms with Crippen molar-refractivity contribution < 1.29 is 9.47 Å². The maximum atomic E-state index is 5.76. The van der Waals surface area contributed by atoms with Crippen molar-refractivity contribution in [2.75, 3.05) is 33.9 Å². The molecule has 0 bridgehead atoms. The fourth-order valence-electron chi connectivity index (χ4n) is 2.56. The van der Waals surface area contributed by atoms with Crippen LogP contribution in [0.15, 0.2) is 59.6 Å². The topological polar surface area (TPSA) is 46.1 Å². The van der Waals surface area contributed by atoms with Crippen LogP contribution in [0, 0.1) is 0 Å². The summed E-state index contributed by atoms with van der Waals surface area (Å²) in [6, 6.07) is 18.2. The lowest BCUT2D eigenvalue weighted by Gasteiger charge is -2.22. The number of hydrogen-bond donors (Lipinski definition) is 1. The van der Waals surface area contributed by atoms with E-state index in [4.69, 9.17) is 9.47 Å². The molecule has 0 saturated carbocycles. The number of para-hydroxylation sites is 1. The smallest absolute Gasteiger partial charge is 0.193 e. The molecule has 0 aromatic heterocycles. The van der Waals surface area contributed by atoms with Crippen LogP contribution in [0.1, 0.15) is 18.1 Å². The Labute approximate surface area is 179 Å². The quantitative estimate of drug-likeness (QED) is 0.334. The molecule has 0 aliphatic rings. The summed E-state index contributed by atoms with van der Waals surface area (Å²) in [6.07, 6.45) is 0. The Morgan fingerprint density at radius 1 is 1.04 bits per heavy atom. The summed E-state index contributed by atoms with van der Waals surface area (Å²) in [4.78, 5) is 6.43. The predicted molar refractivity (Wildman–Crippen MR) is 122 cm³/mol. The van der Waals surface area contributed by atoms with Crippen LogP contribution in [0.5, 0.6) is 5.75 Å². The molecule has 0 atom stereocenters. The lowest BCUT2D eigenvalue weighted by molar-refractivity contribution is 0.133. The van der Waals surface area contributed by atoms with Gasteiger partial charge in [-0.1, -0.05) is 42.5 Å². The number of nitrogens with one attached hydrogen (secondary N) is 1. The van der Waals surface area contributed by atoms with Gasteiger partial charge in [0.2, 0.25) is 0 Å². The summed E-state index contributed by atoms with van der Waals surface area (Å²) in [5.41, 5.74) is 2.42. The number of guanidine groups is 1. The third-order valence-corrected chi connectivity index (χ3v) is 4.03. The van der Waals surface area contributed by atoms with Gasteiger partial charge in [0, 0.05) is 27.2 Å². The van der Waals surface area contributed by atoms with Crippen LogP contribution < -0.4 is 10.1 Å². The highest BCUT2D eigenvalue weighted by Crippen LogP contribution is 2.10. The summed E-state index contributed by atoms with van der Waals surface area (Å²) in [5.74, 6) is 1.72. The van der Waals surface area contributed by atoms with Crippen molar-refractivity contribution in [1.82, 2.24) is 10.2 Å². The van der Waals surface area contributed by atoms with Crippen LogP contribution in [-0.4, -0.2) is 44.7 Å². The lowest BCUT2D eigenvalue weighted by atomic mass is 10.1. The van der Waals surface area contributed by atoms with Crippen molar-refractivity contribution in [2.24, 2.45) is 4.99 Å². The minimum atomic E-state index is 0. The number of hydrogen-bond acceptors (Lipinski definition) is 3. The molecule has 148 valence electrons. The van der Waals surface area contributed by atoms with Crippen molar-refractivity contribution in [2.45, 2.75) is 20.1 Å². The number of rotatable bonds is 9. The Morgan fingerprint density at radius 3 is 2.37 bits per heavy atom. The highest BCUT2D eigenvalue weighted by atomic mass is 127. The van der Waals surface area contributed by atoms with Gasteiger partial charge in [0.1, 0.15) is 12.4 Å². The minimum absolute atomic E-state index is 0. The van der Waals surface area contributed by atoms with Crippen molar-refractivity contribution in [3.05, 3.63) is 65.7 Å². The largest absolute Gasteiger partial charge is 0.492 e. The average molecular weight is 483 g/mol. The van der Waals surface area contributed by atoms with E-state index in [-0.39, 0.29) is 24.0 Å². The molecule has 0 radical (unpaired) electrons.